The van der Waals surface area contributed by atoms with Gasteiger partial charge in [-0.05, 0) is 0 Å². The molecule has 0 aliphatic rings. The first kappa shape index (κ1) is 23.6. The number of rotatable bonds is 0. The van der Waals surface area contributed by atoms with E-state index < -0.39 is 7.82 Å². The summed E-state index contributed by atoms with van der Waals surface area (Å²) in [4.78, 5) is 25.6. The van der Waals surface area contributed by atoms with E-state index in [9.17, 15) is 0 Å². The molecule has 0 saturated heterocycles. The Labute approximate surface area is 56.0 Å². The third-order valence-corrected chi connectivity index (χ3v) is 0. The molecular formula is H4AlFNO4P-3. The SMILES string of the molecule is O=P([O-])([O-])[O-].[Al].[F-].[NH4+]. The summed E-state index contributed by atoms with van der Waals surface area (Å²) in [5.74, 6) is 0. The Morgan fingerprint density at radius 2 is 1.12 bits per heavy atom. The quantitative estimate of drug-likeness (QED) is 0.279. The second kappa shape index (κ2) is 7.53. The zero-order valence-electron chi connectivity index (χ0n) is 4.04. The first-order chi connectivity index (χ1) is 2.00. The Balaban J connectivity index is -0.0000000267. The van der Waals surface area contributed by atoms with Crippen molar-refractivity contribution in [3.8, 4) is 0 Å². The largest absolute Gasteiger partial charge is 1.00 e. The normalized spacial score (nSPS) is 7.38. The smallest absolute Gasteiger partial charge is 0 e. The third kappa shape index (κ3) is 705. The summed E-state index contributed by atoms with van der Waals surface area (Å²) in [6.07, 6.45) is 0. The molecule has 5 nitrogen and oxygen atoms in total. The van der Waals surface area contributed by atoms with Gasteiger partial charge < -0.3 is 30.1 Å². The third-order valence-electron chi connectivity index (χ3n) is 0. The molecule has 8 heavy (non-hydrogen) atoms. The second-order valence-corrected chi connectivity index (χ2v) is 1.34. The summed E-state index contributed by atoms with van der Waals surface area (Å²) < 4.78 is 8.55. The van der Waals surface area contributed by atoms with Gasteiger partial charge in [-0.2, -0.15) is 7.82 Å². The van der Waals surface area contributed by atoms with Gasteiger partial charge in [0.15, 0.2) is 0 Å². The van der Waals surface area contributed by atoms with Gasteiger partial charge in [0.25, 0.3) is 0 Å². The maximum atomic E-state index is 8.55. The molecule has 0 aliphatic heterocycles. The Morgan fingerprint density at radius 1 is 1.12 bits per heavy atom. The van der Waals surface area contributed by atoms with Crippen molar-refractivity contribution < 1.29 is 23.9 Å². The maximum absolute atomic E-state index is 8.55. The minimum Gasteiger partial charge on any atom is -1.00 e. The summed E-state index contributed by atoms with van der Waals surface area (Å²) in [7, 11) is -5.39. The Hall–Kier alpha value is 0.532. The molecule has 0 saturated carbocycles. The molecule has 0 rings (SSSR count). The highest BCUT2D eigenvalue weighted by Gasteiger charge is 1.44. The van der Waals surface area contributed by atoms with Crippen molar-refractivity contribution in [1.82, 2.24) is 6.15 Å². The van der Waals surface area contributed by atoms with Gasteiger partial charge >= 0.3 is 0 Å². The summed E-state index contributed by atoms with van der Waals surface area (Å²) in [5, 5.41) is 0. The number of halogens is 1. The molecule has 0 unspecified atom stereocenters. The average Bonchev–Trinajstić information content (AvgIpc) is 0.722. The van der Waals surface area contributed by atoms with Crippen molar-refractivity contribution in [3.63, 3.8) is 0 Å². The summed E-state index contributed by atoms with van der Waals surface area (Å²) in [6.45, 7) is 0. The van der Waals surface area contributed by atoms with Gasteiger partial charge in [0.05, 0.1) is 0 Å². The number of hydrogen-bond acceptors (Lipinski definition) is 4. The van der Waals surface area contributed by atoms with Crippen LogP contribution in [0.25, 0.3) is 0 Å². The van der Waals surface area contributed by atoms with Crippen molar-refractivity contribution in [2.75, 3.05) is 0 Å². The molecular weight excluding hydrogens is 155 g/mol. The molecule has 0 aromatic rings. The van der Waals surface area contributed by atoms with Crippen molar-refractivity contribution >= 4 is 25.2 Å². The van der Waals surface area contributed by atoms with Crippen LogP contribution in [0.5, 0.6) is 0 Å². The van der Waals surface area contributed by atoms with Crippen molar-refractivity contribution in [1.29, 1.82) is 0 Å². The minimum absolute atomic E-state index is 0. The lowest BCUT2D eigenvalue weighted by atomic mass is 14.0. The summed E-state index contributed by atoms with van der Waals surface area (Å²) in [5.41, 5.74) is 0. The first-order valence-electron chi connectivity index (χ1n) is 0.730. The van der Waals surface area contributed by atoms with Crippen LogP contribution in [0, 0.1) is 0 Å². The van der Waals surface area contributed by atoms with E-state index in [4.69, 9.17) is 19.2 Å². The summed E-state index contributed by atoms with van der Waals surface area (Å²) in [6, 6.07) is 0. The van der Waals surface area contributed by atoms with Crippen LogP contribution in [0.4, 0.5) is 0 Å². The zero-order chi connectivity index (χ0) is 4.50. The molecule has 0 aromatic carbocycles. The standard InChI is InChI=1S/Al.FH.H3N.H3O4P/c;;;1-5(2,3)4/h;1H;1H3;(H3,1,2,3,4)/p-3. The van der Waals surface area contributed by atoms with Gasteiger partial charge in [-0.3, -0.25) is 0 Å². The molecule has 51 valence electrons. The van der Waals surface area contributed by atoms with Gasteiger partial charge in [0.1, 0.15) is 0 Å². The highest BCUT2D eigenvalue weighted by atomic mass is 31.2. The monoisotopic (exact) mass is 159 g/mol. The molecule has 0 atom stereocenters. The number of quaternary nitrogens is 1. The highest BCUT2D eigenvalue weighted by molar-refractivity contribution is 7.40. The minimum atomic E-state index is -5.39. The molecule has 3 radical (unpaired) electrons. The molecule has 0 heterocycles. The Bertz CT molecular complexity index is 62.2. The van der Waals surface area contributed by atoms with E-state index in [0.717, 1.165) is 0 Å². The lowest BCUT2D eigenvalue weighted by molar-refractivity contribution is -0.432. The zero-order valence-corrected chi connectivity index (χ0v) is 6.08. The van der Waals surface area contributed by atoms with E-state index in [0.29, 0.717) is 0 Å². The lowest BCUT2D eigenvalue weighted by Gasteiger charge is -2.36. The van der Waals surface area contributed by atoms with Gasteiger partial charge in [-0.15, -0.1) is 0 Å². The highest BCUT2D eigenvalue weighted by Crippen LogP contribution is 2.03. The van der Waals surface area contributed by atoms with Crippen molar-refractivity contribution in [2.45, 2.75) is 0 Å². The molecule has 8 heteroatoms. The predicted octanol–water partition coefficient (Wildman–Crippen LogP) is -5.83. The molecule has 0 aliphatic carbocycles. The van der Waals surface area contributed by atoms with Crippen LogP contribution in [0.15, 0.2) is 0 Å². The van der Waals surface area contributed by atoms with Crippen LogP contribution in [0.3, 0.4) is 0 Å². The van der Waals surface area contributed by atoms with Crippen LogP contribution < -0.4 is 25.5 Å². The Kier molecular flexibility index (Phi) is 22.2. The maximum Gasteiger partial charge on any atom is 0 e. The van der Waals surface area contributed by atoms with Crippen LogP contribution in [-0.2, 0) is 4.57 Å². The fraction of sp³-hybridized carbons (Fsp3) is 0. The predicted molar refractivity (Wildman–Crippen MR) is 19.3 cm³/mol. The van der Waals surface area contributed by atoms with E-state index in [1.54, 1.807) is 0 Å². The van der Waals surface area contributed by atoms with Gasteiger partial charge in [0, 0.05) is 17.4 Å². The second-order valence-electron chi connectivity index (χ2n) is 0.447. The molecule has 0 fully saturated rings. The number of phosphoric acid groups is 1. The fourth-order valence-corrected chi connectivity index (χ4v) is 0. The van der Waals surface area contributed by atoms with Crippen molar-refractivity contribution in [2.24, 2.45) is 0 Å². The molecule has 0 amide bonds. The van der Waals surface area contributed by atoms with Crippen LogP contribution >= 0.6 is 7.82 Å². The number of hydrogen-bond donors (Lipinski definition) is 1. The summed E-state index contributed by atoms with van der Waals surface area (Å²) >= 11 is 0. The molecule has 0 spiro atoms. The van der Waals surface area contributed by atoms with Crippen LogP contribution in [-0.4, -0.2) is 17.4 Å². The average molecular weight is 159 g/mol. The molecule has 4 N–H and O–H groups in total. The van der Waals surface area contributed by atoms with Crippen LogP contribution in [0.1, 0.15) is 0 Å². The first-order valence-corrected chi connectivity index (χ1v) is 2.19. The van der Waals surface area contributed by atoms with E-state index in [1.165, 1.54) is 0 Å². The van der Waals surface area contributed by atoms with E-state index >= 15 is 0 Å². The van der Waals surface area contributed by atoms with Crippen molar-refractivity contribution in [3.05, 3.63) is 0 Å². The van der Waals surface area contributed by atoms with Crippen LogP contribution in [0.2, 0.25) is 0 Å². The van der Waals surface area contributed by atoms with E-state index in [-0.39, 0.29) is 28.2 Å². The fourth-order valence-electron chi connectivity index (χ4n) is 0. The molecule has 0 bridgehead atoms. The topological polar surface area (TPSA) is 123 Å². The lowest BCUT2D eigenvalue weighted by Crippen LogP contribution is -3.00. The Morgan fingerprint density at radius 3 is 1.12 bits per heavy atom. The van der Waals surface area contributed by atoms with Gasteiger partial charge in [-0.25, -0.2) is 0 Å². The van der Waals surface area contributed by atoms with E-state index in [1.807, 2.05) is 0 Å². The van der Waals surface area contributed by atoms with Gasteiger partial charge in [-0.1, -0.05) is 0 Å². The van der Waals surface area contributed by atoms with Gasteiger partial charge in [0.2, 0.25) is 0 Å². The van der Waals surface area contributed by atoms with E-state index in [2.05, 4.69) is 0 Å². The molecule has 0 aromatic heterocycles.